The topological polar surface area (TPSA) is 0 Å². The summed E-state index contributed by atoms with van der Waals surface area (Å²) in [5.41, 5.74) is 0.318. The standard InChI is InChI=1S/C9H5BrClFS/c10-8-4-6(11)5-9(12)7(8)2-1-3-13/h4-5,13H,3H2. The van der Waals surface area contributed by atoms with Gasteiger partial charge in [-0.3, -0.25) is 0 Å². The first-order valence-corrected chi connectivity index (χ1v) is 5.19. The van der Waals surface area contributed by atoms with E-state index in [0.717, 1.165) is 0 Å². The van der Waals surface area contributed by atoms with Crippen LogP contribution in [0.5, 0.6) is 0 Å². The molecular formula is C9H5BrClFS. The van der Waals surface area contributed by atoms with Gasteiger partial charge >= 0.3 is 0 Å². The Morgan fingerprint density at radius 3 is 2.77 bits per heavy atom. The Balaban J connectivity index is 3.21. The summed E-state index contributed by atoms with van der Waals surface area (Å²) < 4.78 is 13.8. The molecule has 68 valence electrons. The molecule has 1 rings (SSSR count). The second-order valence-corrected chi connectivity index (χ2v) is 3.81. The summed E-state index contributed by atoms with van der Waals surface area (Å²) in [4.78, 5) is 0. The Labute approximate surface area is 95.0 Å². The van der Waals surface area contributed by atoms with Crippen molar-refractivity contribution in [2.45, 2.75) is 0 Å². The first-order chi connectivity index (χ1) is 6.15. The van der Waals surface area contributed by atoms with Gasteiger partial charge in [-0.25, -0.2) is 4.39 Å². The minimum Gasteiger partial charge on any atom is -0.206 e. The Morgan fingerprint density at radius 1 is 1.54 bits per heavy atom. The molecule has 0 aromatic heterocycles. The van der Waals surface area contributed by atoms with Gasteiger partial charge in [-0.2, -0.15) is 12.6 Å². The largest absolute Gasteiger partial charge is 0.206 e. The zero-order valence-corrected chi connectivity index (χ0v) is 9.68. The number of thiol groups is 1. The molecule has 0 saturated heterocycles. The Morgan fingerprint density at radius 2 is 2.23 bits per heavy atom. The predicted octanol–water partition coefficient (Wildman–Crippen LogP) is 3.52. The first kappa shape index (κ1) is 10.9. The number of hydrogen-bond donors (Lipinski definition) is 1. The maximum absolute atomic E-state index is 13.2. The lowest BCUT2D eigenvalue weighted by molar-refractivity contribution is 0.623. The summed E-state index contributed by atoms with van der Waals surface area (Å²) in [5.74, 6) is 5.29. The van der Waals surface area contributed by atoms with Gasteiger partial charge in [0, 0.05) is 9.50 Å². The van der Waals surface area contributed by atoms with Gasteiger partial charge in [0.2, 0.25) is 0 Å². The summed E-state index contributed by atoms with van der Waals surface area (Å²) in [6.07, 6.45) is 0. The molecule has 0 atom stereocenters. The molecule has 13 heavy (non-hydrogen) atoms. The Hall–Kier alpha value is -0.170. The van der Waals surface area contributed by atoms with Gasteiger partial charge in [0.25, 0.3) is 0 Å². The van der Waals surface area contributed by atoms with E-state index in [9.17, 15) is 4.39 Å². The molecule has 0 heterocycles. The van der Waals surface area contributed by atoms with Crippen LogP contribution >= 0.6 is 40.2 Å². The maximum Gasteiger partial charge on any atom is 0.141 e. The van der Waals surface area contributed by atoms with E-state index in [-0.39, 0.29) is 0 Å². The monoisotopic (exact) mass is 278 g/mol. The zero-order chi connectivity index (χ0) is 9.84. The average Bonchev–Trinajstić information content (AvgIpc) is 2.02. The van der Waals surface area contributed by atoms with Crippen LogP contribution in [0.2, 0.25) is 5.02 Å². The fourth-order valence-electron chi connectivity index (χ4n) is 0.790. The van der Waals surface area contributed by atoms with Crippen LogP contribution in [0.25, 0.3) is 0 Å². The van der Waals surface area contributed by atoms with Crippen molar-refractivity contribution < 1.29 is 4.39 Å². The molecule has 4 heteroatoms. The fraction of sp³-hybridized carbons (Fsp3) is 0.111. The highest BCUT2D eigenvalue weighted by molar-refractivity contribution is 9.10. The lowest BCUT2D eigenvalue weighted by Gasteiger charge is -1.98. The molecule has 0 aliphatic rings. The van der Waals surface area contributed by atoms with Gasteiger partial charge in [0.1, 0.15) is 5.82 Å². The quantitative estimate of drug-likeness (QED) is 0.545. The second-order valence-electron chi connectivity index (χ2n) is 2.20. The minimum atomic E-state index is -0.423. The van der Waals surface area contributed by atoms with Crippen LogP contribution in [-0.4, -0.2) is 5.75 Å². The van der Waals surface area contributed by atoms with Gasteiger partial charge in [0.15, 0.2) is 0 Å². The van der Waals surface area contributed by atoms with Crippen LogP contribution in [-0.2, 0) is 0 Å². The molecular weight excluding hydrogens is 275 g/mol. The average molecular weight is 280 g/mol. The van der Waals surface area contributed by atoms with E-state index in [1.165, 1.54) is 6.07 Å². The lowest BCUT2D eigenvalue weighted by Crippen LogP contribution is -1.85. The van der Waals surface area contributed by atoms with Crippen molar-refractivity contribution in [3.05, 3.63) is 33.0 Å². The van der Waals surface area contributed by atoms with E-state index in [0.29, 0.717) is 20.8 Å². The molecule has 0 saturated carbocycles. The van der Waals surface area contributed by atoms with E-state index < -0.39 is 5.82 Å². The lowest BCUT2D eigenvalue weighted by atomic mass is 10.2. The summed E-state index contributed by atoms with van der Waals surface area (Å²) in [6, 6.07) is 2.84. The highest BCUT2D eigenvalue weighted by atomic mass is 79.9. The van der Waals surface area contributed by atoms with Gasteiger partial charge in [-0.05, 0) is 28.1 Å². The third-order valence-electron chi connectivity index (χ3n) is 1.30. The number of halogens is 3. The molecule has 0 spiro atoms. The summed E-state index contributed by atoms with van der Waals surface area (Å²) in [5, 5.41) is 0.348. The molecule has 0 aliphatic heterocycles. The van der Waals surface area contributed by atoms with Crippen molar-refractivity contribution >= 4 is 40.2 Å². The van der Waals surface area contributed by atoms with Gasteiger partial charge in [-0.15, -0.1) is 0 Å². The van der Waals surface area contributed by atoms with Crippen molar-refractivity contribution in [3.8, 4) is 11.8 Å². The van der Waals surface area contributed by atoms with Crippen LogP contribution in [0.3, 0.4) is 0 Å². The summed E-state index contributed by atoms with van der Waals surface area (Å²) >= 11 is 12.7. The van der Waals surface area contributed by atoms with Crippen molar-refractivity contribution in [1.82, 2.24) is 0 Å². The molecule has 0 unspecified atom stereocenters. The third-order valence-corrected chi connectivity index (χ3v) is 2.30. The molecule has 0 N–H and O–H groups in total. The van der Waals surface area contributed by atoms with E-state index in [1.807, 2.05) is 0 Å². The van der Waals surface area contributed by atoms with Crippen molar-refractivity contribution in [1.29, 1.82) is 0 Å². The van der Waals surface area contributed by atoms with Gasteiger partial charge in [-0.1, -0.05) is 23.4 Å². The maximum atomic E-state index is 13.2. The highest BCUT2D eigenvalue weighted by Gasteiger charge is 2.05. The predicted molar refractivity (Wildman–Crippen MR) is 59.8 cm³/mol. The fourth-order valence-corrected chi connectivity index (χ4v) is 1.74. The van der Waals surface area contributed by atoms with Gasteiger partial charge < -0.3 is 0 Å². The SMILES string of the molecule is Fc1cc(Cl)cc(Br)c1C#CCS. The molecule has 0 radical (unpaired) electrons. The zero-order valence-electron chi connectivity index (χ0n) is 6.44. The van der Waals surface area contributed by atoms with Crippen LogP contribution < -0.4 is 0 Å². The van der Waals surface area contributed by atoms with Crippen LogP contribution in [0.1, 0.15) is 5.56 Å². The van der Waals surface area contributed by atoms with E-state index in [4.69, 9.17) is 11.6 Å². The number of hydrogen-bond acceptors (Lipinski definition) is 1. The molecule has 1 aromatic carbocycles. The molecule has 0 bridgehead atoms. The smallest absolute Gasteiger partial charge is 0.141 e. The Kier molecular flexibility index (Phi) is 4.11. The minimum absolute atomic E-state index is 0.318. The second kappa shape index (κ2) is 4.90. The molecule has 0 amide bonds. The van der Waals surface area contributed by atoms with E-state index in [1.54, 1.807) is 6.07 Å². The summed E-state index contributed by atoms with van der Waals surface area (Å²) in [7, 11) is 0. The molecule has 0 fully saturated rings. The van der Waals surface area contributed by atoms with E-state index >= 15 is 0 Å². The van der Waals surface area contributed by atoms with Crippen molar-refractivity contribution in [3.63, 3.8) is 0 Å². The number of rotatable bonds is 0. The first-order valence-electron chi connectivity index (χ1n) is 3.39. The molecule has 0 nitrogen and oxygen atoms in total. The van der Waals surface area contributed by atoms with Crippen LogP contribution in [0.15, 0.2) is 16.6 Å². The van der Waals surface area contributed by atoms with Gasteiger partial charge in [0.05, 0.1) is 11.3 Å². The van der Waals surface area contributed by atoms with Crippen molar-refractivity contribution in [2.75, 3.05) is 5.75 Å². The van der Waals surface area contributed by atoms with Crippen LogP contribution in [0.4, 0.5) is 4.39 Å². The third kappa shape index (κ3) is 2.91. The summed E-state index contributed by atoms with van der Waals surface area (Å²) in [6.45, 7) is 0. The van der Waals surface area contributed by atoms with E-state index in [2.05, 4.69) is 40.4 Å². The highest BCUT2D eigenvalue weighted by Crippen LogP contribution is 2.23. The van der Waals surface area contributed by atoms with Crippen LogP contribution in [0, 0.1) is 17.7 Å². The molecule has 0 aliphatic carbocycles. The Bertz CT molecular complexity index is 358. The normalized spacial score (nSPS) is 9.23. The molecule has 1 aromatic rings. The van der Waals surface area contributed by atoms with Crippen molar-refractivity contribution in [2.24, 2.45) is 0 Å². The number of benzene rings is 1.